The largest absolute Gasteiger partial charge is 0.425 e. The molecule has 2 unspecified atom stereocenters. The van der Waals surface area contributed by atoms with E-state index < -0.39 is 23.2 Å². The maximum atomic E-state index is 15.3. The van der Waals surface area contributed by atoms with Crippen LogP contribution in [0.1, 0.15) is 64.1 Å². The Labute approximate surface area is 281 Å². The molecule has 1 aliphatic rings. The Morgan fingerprint density at radius 3 is 2.58 bits per heavy atom. The summed E-state index contributed by atoms with van der Waals surface area (Å²) in [6, 6.07) is 16.0. The summed E-state index contributed by atoms with van der Waals surface area (Å²) in [5.41, 5.74) is 3.65. The highest BCUT2D eigenvalue weighted by molar-refractivity contribution is 7.10. The predicted octanol–water partition coefficient (Wildman–Crippen LogP) is 6.71. The molecule has 11 heteroatoms. The van der Waals surface area contributed by atoms with E-state index in [0.29, 0.717) is 28.4 Å². The van der Waals surface area contributed by atoms with Crippen molar-refractivity contribution in [3.63, 3.8) is 0 Å². The van der Waals surface area contributed by atoms with Crippen molar-refractivity contribution < 1.29 is 23.4 Å². The van der Waals surface area contributed by atoms with Gasteiger partial charge >= 0.3 is 5.97 Å². The topological polar surface area (TPSA) is 113 Å². The lowest BCUT2D eigenvalue weighted by atomic mass is 9.82. The van der Waals surface area contributed by atoms with Crippen LogP contribution >= 0.6 is 11.3 Å². The second kappa shape index (κ2) is 13.8. The number of aromatic nitrogens is 3. The molecule has 0 radical (unpaired) electrons. The number of hydrogen-bond donors (Lipinski definition) is 2. The molecule has 2 N–H and O–H groups in total. The van der Waals surface area contributed by atoms with E-state index in [4.69, 9.17) is 15.0 Å². The number of halogens is 2. The molecule has 8 nitrogen and oxygen atoms in total. The molecular weight excluding hydrogens is 633 g/mol. The molecule has 3 aromatic carbocycles. The van der Waals surface area contributed by atoms with Crippen LogP contribution in [0.5, 0.6) is 5.75 Å². The van der Waals surface area contributed by atoms with Crippen LogP contribution in [0.2, 0.25) is 0 Å². The number of aryl methyl sites for hydroxylation is 2. The van der Waals surface area contributed by atoms with Crippen LogP contribution in [0.25, 0.3) is 11.3 Å². The van der Waals surface area contributed by atoms with Crippen LogP contribution in [0.15, 0.2) is 72.4 Å². The van der Waals surface area contributed by atoms with Crippen molar-refractivity contribution in [3.8, 4) is 23.1 Å². The monoisotopic (exact) mass is 667 g/mol. The number of nitrogens with zero attached hydrogens (tertiary/aromatic N) is 4. The molecule has 1 fully saturated rings. The van der Waals surface area contributed by atoms with Crippen molar-refractivity contribution in [2.45, 2.75) is 64.1 Å². The summed E-state index contributed by atoms with van der Waals surface area (Å²) < 4.78 is 36.6. The fourth-order valence-corrected chi connectivity index (χ4v) is 7.23. The molecule has 0 aliphatic carbocycles. The number of carbonyl (C=O) groups is 1. The average Bonchev–Trinajstić information content (AvgIpc) is 3.86. The Morgan fingerprint density at radius 2 is 1.92 bits per heavy atom. The van der Waals surface area contributed by atoms with Gasteiger partial charge < -0.3 is 15.2 Å². The lowest BCUT2D eigenvalue weighted by Crippen LogP contribution is -2.38. The van der Waals surface area contributed by atoms with Gasteiger partial charge in [0.2, 0.25) is 0 Å². The van der Waals surface area contributed by atoms with Gasteiger partial charge in [0.05, 0.1) is 35.1 Å². The molecule has 0 bridgehead atoms. The zero-order chi connectivity index (χ0) is 34.0. The van der Waals surface area contributed by atoms with Gasteiger partial charge in [-0.1, -0.05) is 37.3 Å². The number of ether oxygens (including phenoxy) is 1. The highest BCUT2D eigenvalue weighted by Crippen LogP contribution is 2.41. The maximum absolute atomic E-state index is 15.3. The lowest BCUT2D eigenvalue weighted by Gasteiger charge is -2.34. The van der Waals surface area contributed by atoms with E-state index in [2.05, 4.69) is 16.5 Å². The molecule has 0 saturated carbocycles. The van der Waals surface area contributed by atoms with Gasteiger partial charge in [-0.2, -0.15) is 10.4 Å². The summed E-state index contributed by atoms with van der Waals surface area (Å²) in [4.78, 5) is 17.4. The van der Waals surface area contributed by atoms with Gasteiger partial charge in [-0.15, -0.1) is 11.3 Å². The molecule has 1 aliphatic heterocycles. The average molecular weight is 668 g/mol. The highest BCUT2D eigenvalue weighted by Gasteiger charge is 2.41. The smallest absolute Gasteiger partial charge is 0.328 e. The van der Waals surface area contributed by atoms with Crippen molar-refractivity contribution in [2.24, 2.45) is 0 Å². The molecular formula is C37H35F2N5O3S. The van der Waals surface area contributed by atoms with Crippen LogP contribution in [-0.2, 0) is 23.4 Å². The van der Waals surface area contributed by atoms with Crippen LogP contribution in [0, 0.1) is 36.8 Å². The Kier molecular flexibility index (Phi) is 9.51. The minimum Gasteiger partial charge on any atom is -0.425 e. The highest BCUT2D eigenvalue weighted by atomic mass is 32.1. The van der Waals surface area contributed by atoms with Crippen LogP contribution in [0.4, 0.5) is 8.78 Å². The second-order valence-corrected chi connectivity index (χ2v) is 13.3. The number of benzene rings is 3. The van der Waals surface area contributed by atoms with Crippen molar-refractivity contribution in [1.29, 1.82) is 5.26 Å². The normalized spacial score (nSPS) is 16.3. The molecule has 246 valence electrons. The number of esters is 1. The van der Waals surface area contributed by atoms with Gasteiger partial charge in [-0.05, 0) is 73.7 Å². The zero-order valence-corrected chi connectivity index (χ0v) is 27.7. The zero-order valence-electron chi connectivity index (χ0n) is 26.8. The van der Waals surface area contributed by atoms with Crippen LogP contribution in [-0.4, -0.2) is 38.4 Å². The molecule has 5 aromatic rings. The maximum Gasteiger partial charge on any atom is 0.328 e. The SMILES string of the molecule is Cc1cc(Cc2cnn(CC(O)(c3ccc(F)cc3F)[C@@H](C)c3nc(-c4ccc(C#N)cc4)cs3)c2)cc(C)c1OC(=O)C1CCCN1. The van der Waals surface area contributed by atoms with E-state index >= 15 is 4.39 Å². The summed E-state index contributed by atoms with van der Waals surface area (Å²) in [6.07, 6.45) is 5.74. The van der Waals surface area contributed by atoms with Crippen molar-refractivity contribution in [3.05, 3.63) is 122 Å². The van der Waals surface area contributed by atoms with Crippen molar-refractivity contribution in [1.82, 2.24) is 20.1 Å². The van der Waals surface area contributed by atoms with E-state index in [1.807, 2.05) is 31.4 Å². The minimum absolute atomic E-state index is 0.0623. The summed E-state index contributed by atoms with van der Waals surface area (Å²) >= 11 is 1.33. The Hall–Kier alpha value is -4.76. The molecule has 0 amide bonds. The number of nitrogens with one attached hydrogen (secondary N) is 1. The Balaban J connectivity index is 1.24. The number of thiazole rings is 1. The minimum atomic E-state index is -1.84. The van der Waals surface area contributed by atoms with E-state index in [0.717, 1.165) is 59.3 Å². The first-order chi connectivity index (χ1) is 23.0. The van der Waals surface area contributed by atoms with E-state index in [9.17, 15) is 14.3 Å². The van der Waals surface area contributed by atoms with Crippen LogP contribution < -0.4 is 10.1 Å². The quantitative estimate of drug-likeness (QED) is 0.126. The lowest BCUT2D eigenvalue weighted by molar-refractivity contribution is -0.136. The molecule has 48 heavy (non-hydrogen) atoms. The van der Waals surface area contributed by atoms with Crippen molar-refractivity contribution in [2.75, 3.05) is 6.54 Å². The first-order valence-corrected chi connectivity index (χ1v) is 16.6. The molecule has 6 rings (SSSR count). The van der Waals surface area contributed by atoms with Gasteiger partial charge in [0.1, 0.15) is 29.0 Å². The van der Waals surface area contributed by atoms with E-state index in [-0.39, 0.29) is 24.1 Å². The van der Waals surface area contributed by atoms with E-state index in [1.54, 1.807) is 48.3 Å². The fourth-order valence-electron chi connectivity index (χ4n) is 6.26. The molecule has 3 atom stereocenters. The van der Waals surface area contributed by atoms with Gasteiger partial charge in [0, 0.05) is 41.1 Å². The Bertz CT molecular complexity index is 1970. The third kappa shape index (κ3) is 6.92. The van der Waals surface area contributed by atoms with Gasteiger partial charge in [0.15, 0.2) is 0 Å². The third-order valence-electron chi connectivity index (χ3n) is 8.88. The van der Waals surface area contributed by atoms with Gasteiger partial charge in [0.25, 0.3) is 0 Å². The summed E-state index contributed by atoms with van der Waals surface area (Å²) in [7, 11) is 0. The third-order valence-corrected chi connectivity index (χ3v) is 9.91. The van der Waals surface area contributed by atoms with Gasteiger partial charge in [-0.3, -0.25) is 4.68 Å². The van der Waals surface area contributed by atoms with Crippen LogP contribution in [0.3, 0.4) is 0 Å². The summed E-state index contributed by atoms with van der Waals surface area (Å²) in [5, 5.41) is 31.5. The number of aliphatic hydroxyl groups is 1. The second-order valence-electron chi connectivity index (χ2n) is 12.4. The van der Waals surface area contributed by atoms with E-state index in [1.165, 1.54) is 17.4 Å². The molecule has 0 spiro atoms. The Morgan fingerprint density at radius 1 is 1.17 bits per heavy atom. The standard InChI is InChI=1S/C37H35F2N5O3S/c1-22-13-26(14-23(2)34(22)47-36(45)32-5-4-12-41-32)15-27-18-42-44(19-27)21-37(46,30-11-10-29(38)16-31(30)39)24(3)35-43-33(20-48-35)28-8-6-25(17-40)7-9-28/h6-11,13-14,16,18-20,24,32,41,46H,4-5,12,15,21H2,1-3H3/t24-,32?,37?/m0/s1. The molecule has 3 heterocycles. The molecule has 2 aromatic heterocycles. The number of rotatable bonds is 10. The predicted molar refractivity (Wildman–Crippen MR) is 179 cm³/mol. The summed E-state index contributed by atoms with van der Waals surface area (Å²) in [5.74, 6) is -2.02. The number of nitriles is 1. The first-order valence-electron chi connectivity index (χ1n) is 15.7. The first kappa shape index (κ1) is 33.2. The van der Waals surface area contributed by atoms with Crippen molar-refractivity contribution >= 4 is 17.3 Å². The van der Waals surface area contributed by atoms with Gasteiger partial charge in [-0.25, -0.2) is 18.6 Å². The molecule has 1 saturated heterocycles. The number of hydrogen-bond acceptors (Lipinski definition) is 8. The fraction of sp³-hybridized carbons (Fsp3) is 0.297. The number of carbonyl (C=O) groups excluding carboxylic acids is 1. The summed E-state index contributed by atoms with van der Waals surface area (Å²) in [6.45, 7) is 6.27.